The highest BCUT2D eigenvalue weighted by Crippen LogP contribution is 2.48. The van der Waals surface area contributed by atoms with Crippen molar-refractivity contribution in [3.8, 4) is 22.5 Å². The van der Waals surface area contributed by atoms with E-state index in [1.807, 2.05) is 31.3 Å². The van der Waals surface area contributed by atoms with Crippen LogP contribution >= 0.6 is 11.8 Å². The van der Waals surface area contributed by atoms with Crippen molar-refractivity contribution in [2.45, 2.75) is 49.6 Å². The van der Waals surface area contributed by atoms with Crippen LogP contribution in [0.5, 0.6) is 0 Å². The van der Waals surface area contributed by atoms with Gasteiger partial charge in [-0.1, -0.05) is 37.7 Å². The Balaban J connectivity index is 1.29. The molecular weight excluding hydrogens is 578 g/mol. The lowest BCUT2D eigenvalue weighted by Gasteiger charge is -2.29. The quantitative estimate of drug-likeness (QED) is 0.163. The largest absolute Gasteiger partial charge is 0.453 e. The second-order valence-corrected chi connectivity index (χ2v) is 11.8. The van der Waals surface area contributed by atoms with Crippen LogP contribution in [0, 0.1) is 0 Å². The number of aromatic nitrogens is 4. The van der Waals surface area contributed by atoms with Gasteiger partial charge in [0.25, 0.3) is 0 Å². The summed E-state index contributed by atoms with van der Waals surface area (Å²) in [6.07, 6.45) is 4.88. The van der Waals surface area contributed by atoms with Crippen LogP contribution in [-0.2, 0) is 22.6 Å². The highest BCUT2D eigenvalue weighted by Gasteiger charge is 2.23. The Morgan fingerprint density at radius 1 is 0.932 bits per heavy atom. The van der Waals surface area contributed by atoms with Gasteiger partial charge in [0.15, 0.2) is 0 Å². The van der Waals surface area contributed by atoms with E-state index in [0.29, 0.717) is 18.9 Å². The van der Waals surface area contributed by atoms with Crippen LogP contribution < -0.4 is 16.2 Å². The first kappa shape index (κ1) is 31.1. The first-order valence-corrected chi connectivity index (χ1v) is 15.5. The van der Waals surface area contributed by atoms with E-state index in [9.17, 15) is 9.59 Å². The molecule has 1 aliphatic rings. The monoisotopic (exact) mass is 617 g/mol. The number of aromatic amines is 2. The number of nitrogens with one attached hydrogen (secondary N) is 3. The number of methoxy groups -OCH3 is 1. The van der Waals surface area contributed by atoms with E-state index in [-0.39, 0.29) is 12.5 Å². The van der Waals surface area contributed by atoms with Crippen molar-refractivity contribution < 1.29 is 14.3 Å². The molecule has 0 unspecified atom stereocenters. The van der Waals surface area contributed by atoms with Gasteiger partial charge in [-0.3, -0.25) is 14.7 Å². The Morgan fingerprint density at radius 2 is 1.59 bits per heavy atom. The van der Waals surface area contributed by atoms with Gasteiger partial charge in [-0.25, -0.2) is 20.6 Å². The minimum Gasteiger partial charge on any atom is -0.453 e. The van der Waals surface area contributed by atoms with Crippen LogP contribution in [0.1, 0.15) is 38.3 Å². The van der Waals surface area contributed by atoms with E-state index in [1.54, 1.807) is 27.9 Å². The van der Waals surface area contributed by atoms with Crippen LogP contribution in [0.4, 0.5) is 16.2 Å². The number of nitrogens with zero attached hydrogens (tertiary/aromatic N) is 5. The molecule has 3 heterocycles. The number of ether oxygens (including phenoxy) is 1. The summed E-state index contributed by atoms with van der Waals surface area (Å²) in [5, 5.41) is 4.16. The second kappa shape index (κ2) is 14.0. The molecule has 1 aliphatic heterocycles. The van der Waals surface area contributed by atoms with Crippen molar-refractivity contribution in [1.82, 2.24) is 35.1 Å². The van der Waals surface area contributed by atoms with Crippen molar-refractivity contribution in [3.05, 3.63) is 60.4 Å². The summed E-state index contributed by atoms with van der Waals surface area (Å²) in [4.78, 5) is 46.0. The number of fused-ring (bicyclic) bond motifs is 2. The third-order valence-electron chi connectivity index (χ3n) is 7.32. The lowest BCUT2D eigenvalue weighted by atomic mass is 10.1. The van der Waals surface area contributed by atoms with Crippen LogP contribution in [-0.4, -0.2) is 75.5 Å². The Bertz CT molecular complexity index is 1620. The number of carbonyl (C=O) groups is 2. The third kappa shape index (κ3) is 7.07. The molecule has 4 aromatic rings. The summed E-state index contributed by atoms with van der Waals surface area (Å²) in [6.45, 7) is 6.66. The zero-order valence-corrected chi connectivity index (χ0v) is 26.3. The first-order valence-electron chi connectivity index (χ1n) is 14.7. The van der Waals surface area contributed by atoms with Gasteiger partial charge in [-0.2, -0.15) is 0 Å². The smallest absolute Gasteiger partial charge is 0.407 e. The van der Waals surface area contributed by atoms with Crippen molar-refractivity contribution >= 4 is 35.1 Å². The number of rotatable bonds is 12. The Labute approximate surface area is 261 Å². The number of alkyl carbamates (subject to hydrolysis) is 1. The molecule has 0 fully saturated rings. The number of hydrazine groups is 1. The number of imidazole rings is 2. The lowest BCUT2D eigenvalue weighted by molar-refractivity contribution is -0.130. The molecule has 44 heavy (non-hydrogen) atoms. The number of amides is 2. The van der Waals surface area contributed by atoms with E-state index >= 15 is 0 Å². The molecule has 0 saturated heterocycles. The molecule has 13 heteroatoms. The number of H-pyrrole nitrogens is 2. The van der Waals surface area contributed by atoms with Gasteiger partial charge in [0.2, 0.25) is 5.91 Å². The maximum atomic E-state index is 12.7. The molecule has 232 valence electrons. The molecule has 0 atom stereocenters. The summed E-state index contributed by atoms with van der Waals surface area (Å²) in [7, 11) is 3.36. The van der Waals surface area contributed by atoms with Crippen LogP contribution in [0.3, 0.4) is 0 Å². The van der Waals surface area contributed by atoms with Crippen molar-refractivity contribution in [3.63, 3.8) is 0 Å². The third-order valence-corrected chi connectivity index (χ3v) is 8.43. The number of anilines is 2. The van der Waals surface area contributed by atoms with Gasteiger partial charge in [0.1, 0.15) is 18.2 Å². The maximum absolute atomic E-state index is 12.7. The zero-order chi connectivity index (χ0) is 31.2. The van der Waals surface area contributed by atoms with E-state index in [0.717, 1.165) is 75.4 Å². The molecule has 0 bridgehead atoms. The molecule has 2 aromatic carbocycles. The van der Waals surface area contributed by atoms with Crippen LogP contribution in [0.15, 0.2) is 58.6 Å². The van der Waals surface area contributed by atoms with Crippen molar-refractivity contribution in [1.29, 1.82) is 0 Å². The number of carbonyl (C=O) groups excluding carboxylic acids is 2. The number of nitrogens with two attached hydrogens (primary N) is 1. The standard InChI is InChI=1S/C31H39N9O3S/c1-5-11-38(3)18-28-33-16-23(36-28)21-7-9-24-27(14-21)44-26-10-8-20(13-25(26)40(24)32)22-15-34-29(37-22)19-39(12-6-2)30(41)17-35-31(42)43-4/h7-10,13-16H,5-6,11-12,17-19,32H2,1-4H3,(H,33,36)(H,34,37)(H,35,42). The predicted molar refractivity (Wildman–Crippen MR) is 171 cm³/mol. The fourth-order valence-electron chi connectivity index (χ4n) is 5.14. The van der Waals surface area contributed by atoms with E-state index < -0.39 is 6.09 Å². The van der Waals surface area contributed by atoms with Crippen molar-refractivity contribution in [2.24, 2.45) is 5.84 Å². The van der Waals surface area contributed by atoms with Gasteiger partial charge in [0.05, 0.1) is 55.4 Å². The SMILES string of the molecule is CCCN(C)Cc1ncc(-c2ccc3c(c2)Sc2ccc(-c4cnc(CN(CCC)C(=O)CNC(=O)OC)[nH]4)cc2N3N)[nH]1. The van der Waals surface area contributed by atoms with Gasteiger partial charge in [-0.15, -0.1) is 0 Å². The topological polar surface area (TPSA) is 148 Å². The number of hydrogen-bond donors (Lipinski definition) is 4. The van der Waals surface area contributed by atoms with Crippen molar-refractivity contribution in [2.75, 3.05) is 38.8 Å². The van der Waals surface area contributed by atoms with Crippen LogP contribution in [0.25, 0.3) is 22.5 Å². The van der Waals surface area contributed by atoms with Gasteiger partial charge < -0.3 is 24.9 Å². The Kier molecular flexibility index (Phi) is 9.88. The van der Waals surface area contributed by atoms with E-state index in [1.165, 1.54) is 7.11 Å². The summed E-state index contributed by atoms with van der Waals surface area (Å²) in [5.41, 5.74) is 5.60. The average Bonchev–Trinajstić information content (AvgIpc) is 3.69. The molecule has 0 radical (unpaired) electrons. The fourth-order valence-corrected chi connectivity index (χ4v) is 6.23. The minimum atomic E-state index is -0.643. The van der Waals surface area contributed by atoms with Gasteiger partial charge in [0, 0.05) is 27.5 Å². The first-order chi connectivity index (χ1) is 21.3. The number of hydrogen-bond acceptors (Lipinski definition) is 9. The second-order valence-electron chi connectivity index (χ2n) is 10.7. The summed E-state index contributed by atoms with van der Waals surface area (Å²) in [5.74, 6) is 8.04. The molecule has 0 aliphatic carbocycles. The summed E-state index contributed by atoms with van der Waals surface area (Å²) < 4.78 is 4.56. The minimum absolute atomic E-state index is 0.141. The average molecular weight is 618 g/mol. The highest BCUT2D eigenvalue weighted by atomic mass is 32.2. The van der Waals surface area contributed by atoms with Gasteiger partial charge >= 0.3 is 6.09 Å². The fraction of sp³-hybridized carbons (Fsp3) is 0.355. The normalized spacial score (nSPS) is 12.2. The Hall–Kier alpha value is -4.33. The molecular formula is C31H39N9O3S. The highest BCUT2D eigenvalue weighted by molar-refractivity contribution is 7.99. The van der Waals surface area contributed by atoms with E-state index in [2.05, 4.69) is 67.1 Å². The molecule has 0 saturated carbocycles. The molecule has 0 spiro atoms. The zero-order valence-electron chi connectivity index (χ0n) is 25.5. The predicted octanol–water partition coefficient (Wildman–Crippen LogP) is 4.88. The summed E-state index contributed by atoms with van der Waals surface area (Å²) >= 11 is 1.68. The van der Waals surface area contributed by atoms with Gasteiger partial charge in [-0.05, 0) is 50.7 Å². The Morgan fingerprint density at radius 3 is 2.27 bits per heavy atom. The molecule has 5 N–H and O–H groups in total. The van der Waals surface area contributed by atoms with Crippen LogP contribution in [0.2, 0.25) is 0 Å². The molecule has 2 amide bonds. The lowest BCUT2D eigenvalue weighted by Crippen LogP contribution is -2.40. The molecule has 5 rings (SSSR count). The molecule has 2 aromatic heterocycles. The number of benzene rings is 2. The molecule has 12 nitrogen and oxygen atoms in total. The van der Waals surface area contributed by atoms with E-state index in [4.69, 9.17) is 5.84 Å². The maximum Gasteiger partial charge on any atom is 0.407 e. The summed E-state index contributed by atoms with van der Waals surface area (Å²) in [6, 6.07) is 12.4.